The van der Waals surface area contributed by atoms with E-state index in [1.54, 1.807) is 0 Å². The molecule has 0 fully saturated rings. The lowest BCUT2D eigenvalue weighted by atomic mass is 9.96. The van der Waals surface area contributed by atoms with E-state index in [9.17, 15) is 24.0 Å². The minimum Gasteiger partial charge on any atom is -0.391 e. The third-order valence-electron chi connectivity index (χ3n) is 3.31. The van der Waals surface area contributed by atoms with Gasteiger partial charge >= 0.3 is 5.69 Å². The highest BCUT2D eigenvalue weighted by molar-refractivity contribution is 5.62. The van der Waals surface area contributed by atoms with Crippen molar-refractivity contribution >= 4 is 11.4 Å². The van der Waals surface area contributed by atoms with Crippen LogP contribution in [-0.4, -0.2) is 22.7 Å². The third-order valence-corrected chi connectivity index (χ3v) is 3.31. The summed E-state index contributed by atoms with van der Waals surface area (Å²) in [5.41, 5.74) is -1.08. The summed E-state index contributed by atoms with van der Waals surface area (Å²) in [6.07, 6.45) is 0.758. The summed E-state index contributed by atoms with van der Waals surface area (Å²) < 4.78 is 26.5. The monoisotopic (exact) mass is 288 g/mol. The minimum atomic E-state index is -1.24. The Balaban J connectivity index is 2.89. The molecule has 0 bridgehead atoms. The zero-order valence-corrected chi connectivity index (χ0v) is 11.4. The van der Waals surface area contributed by atoms with E-state index in [2.05, 4.69) is 5.32 Å². The zero-order valence-electron chi connectivity index (χ0n) is 11.4. The Morgan fingerprint density at radius 1 is 1.35 bits per heavy atom. The van der Waals surface area contributed by atoms with Crippen molar-refractivity contribution in [3.8, 4) is 0 Å². The molecule has 0 saturated heterocycles. The van der Waals surface area contributed by atoms with Crippen molar-refractivity contribution in [3.05, 3.63) is 33.9 Å². The molecule has 0 aromatic heterocycles. The number of halogens is 2. The Kier molecular flexibility index (Phi) is 5.82. The molecule has 0 radical (unpaired) electrons. The van der Waals surface area contributed by atoms with Crippen molar-refractivity contribution in [1.82, 2.24) is 0 Å². The molecular weight excluding hydrogens is 270 g/mol. The average molecular weight is 288 g/mol. The molecule has 2 N–H and O–H groups in total. The van der Waals surface area contributed by atoms with E-state index in [1.165, 1.54) is 0 Å². The van der Waals surface area contributed by atoms with E-state index in [4.69, 9.17) is 0 Å². The molecule has 7 heteroatoms. The fourth-order valence-corrected chi connectivity index (χ4v) is 2.10. The molecule has 0 spiro atoms. The fourth-order valence-electron chi connectivity index (χ4n) is 2.10. The number of aliphatic hydroxyl groups is 1. The SMILES string of the molecule is CCC(CC)C(O)CNc1cc(F)cc(F)c1[N+](=O)[O-]. The van der Waals surface area contributed by atoms with Gasteiger partial charge in [0.2, 0.25) is 5.82 Å². The number of benzene rings is 1. The second kappa shape index (κ2) is 7.14. The maximum Gasteiger partial charge on any atom is 0.327 e. The van der Waals surface area contributed by atoms with Crippen LogP contribution in [0.4, 0.5) is 20.2 Å². The van der Waals surface area contributed by atoms with E-state index in [-0.39, 0.29) is 18.2 Å². The summed E-state index contributed by atoms with van der Waals surface area (Å²) in [6, 6.07) is 1.31. The van der Waals surface area contributed by atoms with Gasteiger partial charge < -0.3 is 10.4 Å². The quantitative estimate of drug-likeness (QED) is 0.597. The van der Waals surface area contributed by atoms with E-state index in [1.807, 2.05) is 13.8 Å². The van der Waals surface area contributed by atoms with Crippen LogP contribution in [0.25, 0.3) is 0 Å². The molecule has 1 unspecified atom stereocenters. The normalized spacial score (nSPS) is 12.5. The van der Waals surface area contributed by atoms with Gasteiger partial charge in [-0.2, -0.15) is 4.39 Å². The Bertz CT molecular complexity index is 479. The van der Waals surface area contributed by atoms with Crippen LogP contribution >= 0.6 is 0 Å². The summed E-state index contributed by atoms with van der Waals surface area (Å²) in [7, 11) is 0. The van der Waals surface area contributed by atoms with Crippen LogP contribution in [0.5, 0.6) is 0 Å². The van der Waals surface area contributed by atoms with Gasteiger partial charge in [-0.1, -0.05) is 26.7 Å². The first kappa shape index (κ1) is 16.3. The second-order valence-corrected chi connectivity index (χ2v) is 4.57. The number of rotatable bonds is 7. The Morgan fingerprint density at radius 3 is 2.45 bits per heavy atom. The molecule has 0 heterocycles. The van der Waals surface area contributed by atoms with Crippen molar-refractivity contribution in [2.75, 3.05) is 11.9 Å². The van der Waals surface area contributed by atoms with Gasteiger partial charge in [-0.25, -0.2) is 4.39 Å². The number of nitro groups is 1. The Labute approximate surface area is 115 Å². The van der Waals surface area contributed by atoms with Crippen molar-refractivity contribution in [2.24, 2.45) is 5.92 Å². The van der Waals surface area contributed by atoms with Crippen molar-refractivity contribution in [1.29, 1.82) is 0 Å². The van der Waals surface area contributed by atoms with Crippen LogP contribution < -0.4 is 5.32 Å². The third kappa shape index (κ3) is 3.86. The van der Waals surface area contributed by atoms with Crippen LogP contribution in [0, 0.1) is 27.7 Å². The largest absolute Gasteiger partial charge is 0.391 e. The molecule has 112 valence electrons. The van der Waals surface area contributed by atoms with E-state index in [0.717, 1.165) is 18.9 Å². The van der Waals surface area contributed by atoms with Crippen LogP contribution in [0.3, 0.4) is 0 Å². The van der Waals surface area contributed by atoms with Gasteiger partial charge in [0.05, 0.1) is 11.0 Å². The van der Waals surface area contributed by atoms with E-state index < -0.39 is 28.3 Å². The molecule has 0 aliphatic rings. The predicted octanol–water partition coefficient (Wildman–Crippen LogP) is 3.08. The number of hydrogen-bond donors (Lipinski definition) is 2. The predicted molar refractivity (Wildman–Crippen MR) is 71.6 cm³/mol. The molecule has 20 heavy (non-hydrogen) atoms. The molecular formula is C13H18F2N2O3. The number of anilines is 1. The first-order chi connectivity index (χ1) is 9.40. The first-order valence-corrected chi connectivity index (χ1v) is 6.46. The maximum absolute atomic E-state index is 13.4. The molecule has 0 aliphatic carbocycles. The smallest absolute Gasteiger partial charge is 0.327 e. The summed E-state index contributed by atoms with van der Waals surface area (Å²) in [5, 5.41) is 23.3. The molecule has 0 saturated carbocycles. The fraction of sp³-hybridized carbons (Fsp3) is 0.538. The van der Waals surface area contributed by atoms with Gasteiger partial charge in [0.15, 0.2) is 0 Å². The zero-order chi connectivity index (χ0) is 15.3. The van der Waals surface area contributed by atoms with Crippen LogP contribution in [-0.2, 0) is 0 Å². The minimum absolute atomic E-state index is 0.00389. The molecule has 0 amide bonds. The van der Waals surface area contributed by atoms with Gasteiger partial charge in [-0.05, 0) is 5.92 Å². The van der Waals surface area contributed by atoms with E-state index >= 15 is 0 Å². The number of nitrogens with zero attached hydrogens (tertiary/aromatic N) is 1. The highest BCUT2D eigenvalue weighted by atomic mass is 19.1. The lowest BCUT2D eigenvalue weighted by Gasteiger charge is -2.20. The molecule has 1 aromatic carbocycles. The summed E-state index contributed by atoms with van der Waals surface area (Å²) in [6.45, 7) is 3.83. The highest BCUT2D eigenvalue weighted by Crippen LogP contribution is 2.29. The van der Waals surface area contributed by atoms with E-state index in [0.29, 0.717) is 6.07 Å². The number of aliphatic hydroxyl groups excluding tert-OH is 1. The molecule has 5 nitrogen and oxygen atoms in total. The van der Waals surface area contributed by atoms with Gasteiger partial charge in [-0.15, -0.1) is 0 Å². The van der Waals surface area contributed by atoms with Crippen molar-refractivity contribution in [3.63, 3.8) is 0 Å². The van der Waals surface area contributed by atoms with Gasteiger partial charge in [0, 0.05) is 18.7 Å². The first-order valence-electron chi connectivity index (χ1n) is 6.46. The topological polar surface area (TPSA) is 75.4 Å². The molecule has 1 atom stereocenters. The van der Waals surface area contributed by atoms with Gasteiger partial charge in [0.25, 0.3) is 0 Å². The van der Waals surface area contributed by atoms with Crippen LogP contribution in [0.15, 0.2) is 12.1 Å². The lowest BCUT2D eigenvalue weighted by Crippen LogP contribution is -2.28. The summed E-state index contributed by atoms with van der Waals surface area (Å²) in [5.74, 6) is -2.12. The number of nitrogens with one attached hydrogen (secondary N) is 1. The number of nitro benzene ring substituents is 1. The number of hydrogen-bond acceptors (Lipinski definition) is 4. The second-order valence-electron chi connectivity index (χ2n) is 4.57. The van der Waals surface area contributed by atoms with Crippen molar-refractivity contribution in [2.45, 2.75) is 32.8 Å². The highest BCUT2D eigenvalue weighted by Gasteiger charge is 2.23. The van der Waals surface area contributed by atoms with Crippen molar-refractivity contribution < 1.29 is 18.8 Å². The Hall–Kier alpha value is -1.76. The van der Waals surface area contributed by atoms with Gasteiger partial charge in [-0.3, -0.25) is 10.1 Å². The summed E-state index contributed by atoms with van der Waals surface area (Å²) in [4.78, 5) is 9.87. The molecule has 1 aromatic rings. The van der Waals surface area contributed by atoms with Gasteiger partial charge in [0.1, 0.15) is 11.5 Å². The van der Waals surface area contributed by atoms with Crippen LogP contribution in [0.1, 0.15) is 26.7 Å². The summed E-state index contributed by atoms with van der Waals surface area (Å²) >= 11 is 0. The maximum atomic E-state index is 13.4. The average Bonchev–Trinajstić information content (AvgIpc) is 2.36. The standard InChI is InChI=1S/C13H18F2N2O3/c1-3-8(4-2)12(18)7-16-11-6-9(14)5-10(15)13(11)17(19)20/h5-6,8,12,16,18H,3-4,7H2,1-2H3. The Morgan fingerprint density at radius 2 is 1.95 bits per heavy atom. The van der Waals surface area contributed by atoms with Crippen LogP contribution in [0.2, 0.25) is 0 Å². The molecule has 0 aliphatic heterocycles. The lowest BCUT2D eigenvalue weighted by molar-refractivity contribution is -0.386. The molecule has 1 rings (SSSR count).